The van der Waals surface area contributed by atoms with E-state index in [2.05, 4.69) is 46.4 Å². The number of aromatic nitrogens is 4. The third kappa shape index (κ3) is 4.52. The van der Waals surface area contributed by atoms with Crippen molar-refractivity contribution in [2.24, 2.45) is 5.92 Å². The van der Waals surface area contributed by atoms with Crippen LogP contribution in [0.2, 0.25) is 0 Å². The molecule has 9 heteroatoms. The highest BCUT2D eigenvalue weighted by Crippen LogP contribution is 2.46. The van der Waals surface area contributed by atoms with E-state index < -0.39 is 5.60 Å². The Labute approximate surface area is 220 Å². The van der Waals surface area contributed by atoms with Gasteiger partial charge in [-0.1, -0.05) is 42.1 Å². The molecule has 6 rings (SSSR count). The van der Waals surface area contributed by atoms with Crippen LogP contribution in [0, 0.1) is 5.92 Å². The third-order valence-electron chi connectivity index (χ3n) is 7.02. The summed E-state index contributed by atoms with van der Waals surface area (Å²) in [5.74, 6) is 0.819. The topological polar surface area (TPSA) is 99.2 Å². The lowest BCUT2D eigenvalue weighted by atomic mass is 10.1. The number of fused-ring (bicyclic) bond motifs is 3. The Balaban J connectivity index is 1.33. The Morgan fingerprint density at radius 3 is 2.41 bits per heavy atom. The molecule has 1 amide bonds. The Hall–Kier alpha value is -3.59. The largest absolute Gasteiger partial charge is 0.444 e. The molecular formula is C28H30N6O2S. The van der Waals surface area contributed by atoms with Gasteiger partial charge < -0.3 is 15.4 Å². The van der Waals surface area contributed by atoms with Gasteiger partial charge in [0.05, 0.1) is 17.5 Å². The molecule has 3 atom stereocenters. The minimum absolute atomic E-state index is 0.00438. The number of piperidine rings is 1. The van der Waals surface area contributed by atoms with E-state index in [1.54, 1.807) is 11.8 Å². The number of ether oxygens (including phenoxy) is 1. The van der Waals surface area contributed by atoms with Crippen molar-refractivity contribution in [3.63, 3.8) is 0 Å². The van der Waals surface area contributed by atoms with Crippen molar-refractivity contribution in [2.45, 2.75) is 61.1 Å². The first kappa shape index (κ1) is 23.8. The minimum Gasteiger partial charge on any atom is -0.444 e. The lowest BCUT2D eigenvalue weighted by molar-refractivity contribution is 0.0135. The van der Waals surface area contributed by atoms with Gasteiger partial charge in [0.15, 0.2) is 5.65 Å². The molecule has 2 N–H and O–H groups in total. The van der Waals surface area contributed by atoms with Crippen LogP contribution in [0.5, 0.6) is 0 Å². The standard InChI is InChI=1S/C28H30N6O2S/c1-28(2,3)36-27(35)33-15-17-13-21(33)22(14-17)34-26-23(25(29)30-16-31-26)24(32-34)18-9-11-20(12-10-18)37-19-7-5-4-6-8-19/h4-12,16-17,21-22H,13-15H2,1-3H3,(H2,29,30,31). The number of hydrogen-bond acceptors (Lipinski definition) is 7. The van der Waals surface area contributed by atoms with E-state index in [1.165, 1.54) is 11.2 Å². The SMILES string of the molecule is CC(C)(C)OC(=O)N1CC2CC1C(n1nc(-c3ccc(Sc4ccccc4)cc3)c3c(N)ncnc31)C2. The predicted octanol–water partition coefficient (Wildman–Crippen LogP) is 5.80. The summed E-state index contributed by atoms with van der Waals surface area (Å²) in [6.07, 6.45) is 3.10. The summed E-state index contributed by atoms with van der Waals surface area (Å²) < 4.78 is 7.67. The van der Waals surface area contributed by atoms with Crippen molar-refractivity contribution in [1.29, 1.82) is 0 Å². The van der Waals surface area contributed by atoms with Gasteiger partial charge in [0.25, 0.3) is 0 Å². The van der Waals surface area contributed by atoms with Gasteiger partial charge in [-0.3, -0.25) is 0 Å². The van der Waals surface area contributed by atoms with E-state index in [4.69, 9.17) is 15.6 Å². The molecule has 2 aromatic carbocycles. The van der Waals surface area contributed by atoms with E-state index in [0.29, 0.717) is 17.4 Å². The van der Waals surface area contributed by atoms with Crippen LogP contribution in [0.1, 0.15) is 39.7 Å². The smallest absolute Gasteiger partial charge is 0.410 e. The second-order valence-electron chi connectivity index (χ2n) is 10.8. The Morgan fingerprint density at radius 2 is 1.70 bits per heavy atom. The summed E-state index contributed by atoms with van der Waals surface area (Å²) >= 11 is 1.71. The zero-order chi connectivity index (χ0) is 25.7. The summed E-state index contributed by atoms with van der Waals surface area (Å²) in [4.78, 5) is 26.0. The molecule has 8 nitrogen and oxygen atoms in total. The van der Waals surface area contributed by atoms with Gasteiger partial charge in [0.1, 0.15) is 23.4 Å². The summed E-state index contributed by atoms with van der Waals surface area (Å²) in [7, 11) is 0. The van der Waals surface area contributed by atoms with Crippen molar-refractivity contribution in [1.82, 2.24) is 24.6 Å². The third-order valence-corrected chi connectivity index (χ3v) is 8.03. The molecule has 37 heavy (non-hydrogen) atoms. The highest BCUT2D eigenvalue weighted by Gasteiger charge is 2.49. The maximum atomic E-state index is 13.0. The van der Waals surface area contributed by atoms with Gasteiger partial charge in [-0.25, -0.2) is 19.4 Å². The molecule has 0 spiro atoms. The summed E-state index contributed by atoms with van der Waals surface area (Å²) in [6.45, 7) is 6.41. The van der Waals surface area contributed by atoms with Gasteiger partial charge in [-0.2, -0.15) is 5.10 Å². The van der Waals surface area contributed by atoms with Crippen molar-refractivity contribution in [3.05, 3.63) is 60.9 Å². The average molecular weight is 515 g/mol. The van der Waals surface area contributed by atoms with Crippen molar-refractivity contribution in [3.8, 4) is 11.3 Å². The quantitative estimate of drug-likeness (QED) is 0.368. The molecule has 3 heterocycles. The number of carbonyl (C=O) groups excluding carboxylic acids is 1. The average Bonchev–Trinajstić information content (AvgIpc) is 3.57. The predicted molar refractivity (Wildman–Crippen MR) is 144 cm³/mol. The van der Waals surface area contributed by atoms with E-state index in [9.17, 15) is 4.79 Å². The van der Waals surface area contributed by atoms with Crippen LogP contribution < -0.4 is 5.73 Å². The maximum Gasteiger partial charge on any atom is 0.410 e. The molecule has 3 unspecified atom stereocenters. The van der Waals surface area contributed by atoms with Gasteiger partial charge in [0.2, 0.25) is 0 Å². The molecular weight excluding hydrogens is 484 g/mol. The fraction of sp³-hybridized carbons (Fsp3) is 0.357. The molecule has 2 aliphatic rings. The lowest BCUT2D eigenvalue weighted by Gasteiger charge is -2.34. The fourth-order valence-corrected chi connectivity index (χ4v) is 6.36. The molecule has 1 aliphatic heterocycles. The molecule has 2 aromatic heterocycles. The molecule has 0 radical (unpaired) electrons. The molecule has 1 saturated heterocycles. The highest BCUT2D eigenvalue weighted by molar-refractivity contribution is 7.99. The number of nitrogens with two attached hydrogens (primary N) is 1. The zero-order valence-electron chi connectivity index (χ0n) is 21.2. The van der Waals surface area contributed by atoms with Crippen LogP contribution in [0.4, 0.5) is 10.6 Å². The normalized spacial score (nSPS) is 21.1. The summed E-state index contributed by atoms with van der Waals surface area (Å²) in [5.41, 5.74) is 8.25. The first-order valence-corrected chi connectivity index (χ1v) is 13.4. The number of hydrogen-bond donors (Lipinski definition) is 1. The van der Waals surface area contributed by atoms with Crippen LogP contribution in [0.15, 0.2) is 70.7 Å². The highest BCUT2D eigenvalue weighted by atomic mass is 32.2. The number of amides is 1. The minimum atomic E-state index is -0.535. The molecule has 2 bridgehead atoms. The van der Waals surface area contributed by atoms with Crippen LogP contribution in [-0.2, 0) is 4.74 Å². The monoisotopic (exact) mass is 514 g/mol. The number of carbonyl (C=O) groups is 1. The number of rotatable bonds is 4. The van der Waals surface area contributed by atoms with E-state index in [-0.39, 0.29) is 18.2 Å². The van der Waals surface area contributed by atoms with Crippen LogP contribution in [-0.4, -0.2) is 48.9 Å². The van der Waals surface area contributed by atoms with Crippen molar-refractivity contribution in [2.75, 3.05) is 12.3 Å². The summed E-state index contributed by atoms with van der Waals surface area (Å²) in [6, 6.07) is 18.6. The number of benzene rings is 2. The maximum absolute atomic E-state index is 13.0. The van der Waals surface area contributed by atoms with Crippen molar-refractivity contribution < 1.29 is 9.53 Å². The van der Waals surface area contributed by atoms with Gasteiger partial charge in [0, 0.05) is 21.9 Å². The van der Waals surface area contributed by atoms with Gasteiger partial charge in [-0.15, -0.1) is 0 Å². The van der Waals surface area contributed by atoms with E-state index in [1.807, 2.05) is 48.6 Å². The Bertz CT molecular complexity index is 1450. The lowest BCUT2D eigenvalue weighted by Crippen LogP contribution is -2.45. The zero-order valence-corrected chi connectivity index (χ0v) is 22.0. The molecule has 1 saturated carbocycles. The fourth-order valence-electron chi connectivity index (χ4n) is 5.52. The van der Waals surface area contributed by atoms with Gasteiger partial charge in [-0.05, 0) is 63.8 Å². The van der Waals surface area contributed by atoms with Crippen LogP contribution in [0.25, 0.3) is 22.3 Å². The van der Waals surface area contributed by atoms with E-state index >= 15 is 0 Å². The van der Waals surface area contributed by atoms with Crippen LogP contribution >= 0.6 is 11.8 Å². The first-order chi connectivity index (χ1) is 17.8. The van der Waals surface area contributed by atoms with Gasteiger partial charge >= 0.3 is 6.09 Å². The molecule has 4 aromatic rings. The first-order valence-electron chi connectivity index (χ1n) is 12.6. The Morgan fingerprint density at radius 1 is 1.00 bits per heavy atom. The van der Waals surface area contributed by atoms with Crippen LogP contribution in [0.3, 0.4) is 0 Å². The number of anilines is 1. The molecule has 1 aliphatic carbocycles. The second kappa shape index (κ2) is 9.06. The second-order valence-corrected chi connectivity index (χ2v) is 11.9. The number of nitrogens with zero attached hydrogens (tertiary/aromatic N) is 5. The van der Waals surface area contributed by atoms with Crippen molar-refractivity contribution >= 4 is 34.7 Å². The summed E-state index contributed by atoms with van der Waals surface area (Å²) in [5, 5.41) is 5.80. The van der Waals surface area contributed by atoms with E-state index in [0.717, 1.165) is 40.9 Å². The molecule has 190 valence electrons. The Kier molecular flexibility index (Phi) is 5.82. The molecule has 2 fully saturated rings. The number of likely N-dealkylation sites (tertiary alicyclic amines) is 1. The number of nitrogen functional groups attached to an aromatic ring is 1.